The number of hydrogen-bond donors (Lipinski definition) is 2. The highest BCUT2D eigenvalue weighted by atomic mass is 14.9. The maximum absolute atomic E-state index is 5.90. The molecule has 0 fully saturated rings. The van der Waals surface area contributed by atoms with Gasteiger partial charge in [0.15, 0.2) is 0 Å². The molecule has 2 aromatic carbocycles. The van der Waals surface area contributed by atoms with Crippen LogP contribution in [0.2, 0.25) is 0 Å². The van der Waals surface area contributed by atoms with E-state index in [9.17, 15) is 0 Å². The van der Waals surface area contributed by atoms with Gasteiger partial charge in [-0.1, -0.05) is 54.6 Å². The Morgan fingerprint density at radius 3 is 2.60 bits per heavy atom. The van der Waals surface area contributed by atoms with Crippen LogP contribution in [0.4, 0.5) is 11.4 Å². The van der Waals surface area contributed by atoms with E-state index in [-0.39, 0.29) is 0 Å². The third-order valence-corrected chi connectivity index (χ3v) is 3.23. The highest BCUT2D eigenvalue weighted by Crippen LogP contribution is 2.24. The Labute approximate surface area is 118 Å². The first-order chi connectivity index (χ1) is 9.83. The molecule has 0 unspecified atom stereocenters. The van der Waals surface area contributed by atoms with Crippen molar-refractivity contribution in [3.63, 3.8) is 0 Å². The van der Waals surface area contributed by atoms with Crippen molar-refractivity contribution in [1.82, 2.24) is 0 Å². The summed E-state index contributed by atoms with van der Waals surface area (Å²) in [6, 6.07) is 16.1. The molecule has 0 amide bonds. The van der Waals surface area contributed by atoms with Gasteiger partial charge in [-0.2, -0.15) is 0 Å². The molecule has 0 saturated heterocycles. The second-order valence-electron chi connectivity index (χ2n) is 4.66. The quantitative estimate of drug-likeness (QED) is 0.790. The summed E-state index contributed by atoms with van der Waals surface area (Å²) in [7, 11) is 0. The molecule has 0 saturated carbocycles. The van der Waals surface area contributed by atoms with Crippen LogP contribution in [0.1, 0.15) is 11.1 Å². The van der Waals surface area contributed by atoms with E-state index >= 15 is 0 Å². The van der Waals surface area contributed by atoms with Crippen molar-refractivity contribution in [2.24, 2.45) is 0 Å². The zero-order valence-corrected chi connectivity index (χ0v) is 11.1. The van der Waals surface area contributed by atoms with Crippen molar-refractivity contribution < 1.29 is 0 Å². The lowest BCUT2D eigenvalue weighted by Gasteiger charge is -2.14. The third kappa shape index (κ3) is 2.64. The zero-order chi connectivity index (χ0) is 13.8. The molecule has 0 aliphatic carbocycles. The van der Waals surface area contributed by atoms with E-state index < -0.39 is 0 Å². The average Bonchev–Trinajstić information content (AvgIpc) is 2.49. The number of benzene rings is 2. The first kappa shape index (κ1) is 12.3. The number of nitrogen functional groups attached to an aromatic ring is 1. The molecular weight excluding hydrogens is 244 g/mol. The smallest absolute Gasteiger partial charge is 0.0457 e. The molecule has 98 valence electrons. The van der Waals surface area contributed by atoms with E-state index in [1.807, 2.05) is 54.6 Å². The predicted octanol–water partition coefficient (Wildman–Crippen LogP) is 4.30. The molecule has 0 radical (unpaired) electrons. The second kappa shape index (κ2) is 5.49. The van der Waals surface area contributed by atoms with Crippen LogP contribution in [0.15, 0.2) is 72.5 Å². The fraction of sp³-hybridized carbons (Fsp3) is 0. The number of anilines is 2. The second-order valence-corrected chi connectivity index (χ2v) is 4.66. The minimum absolute atomic E-state index is 0.791. The number of allylic oxidation sites excluding steroid dienone is 3. The van der Waals surface area contributed by atoms with Crippen LogP contribution in [0, 0.1) is 0 Å². The standard InChI is InChI=1S/C18H16N2/c19-17-10-3-1-6-14(17)8-5-9-16-13-12-15-7-2-4-11-18(15)20-16/h1-13,20H,19H2/b8-5-,16-9-. The van der Waals surface area contributed by atoms with E-state index in [0.29, 0.717) is 0 Å². The van der Waals surface area contributed by atoms with Crippen LogP contribution in [0.3, 0.4) is 0 Å². The molecule has 0 aromatic heterocycles. The van der Waals surface area contributed by atoms with Crippen LogP contribution < -0.4 is 11.1 Å². The molecule has 1 aliphatic rings. The number of para-hydroxylation sites is 2. The van der Waals surface area contributed by atoms with E-state index in [2.05, 4.69) is 29.6 Å². The summed E-state index contributed by atoms with van der Waals surface area (Å²) in [6.45, 7) is 0. The monoisotopic (exact) mass is 260 g/mol. The topological polar surface area (TPSA) is 38.0 Å². The van der Waals surface area contributed by atoms with Gasteiger partial charge >= 0.3 is 0 Å². The first-order valence-corrected chi connectivity index (χ1v) is 6.60. The van der Waals surface area contributed by atoms with Crippen molar-refractivity contribution in [1.29, 1.82) is 0 Å². The van der Waals surface area contributed by atoms with Crippen LogP contribution in [0.5, 0.6) is 0 Å². The molecule has 2 nitrogen and oxygen atoms in total. The minimum atomic E-state index is 0.791. The Balaban J connectivity index is 1.77. The minimum Gasteiger partial charge on any atom is -0.398 e. The summed E-state index contributed by atoms with van der Waals surface area (Å²) < 4.78 is 0. The Hall–Kier alpha value is -2.74. The maximum atomic E-state index is 5.90. The van der Waals surface area contributed by atoms with E-state index in [1.54, 1.807) is 0 Å². The Kier molecular flexibility index (Phi) is 3.38. The normalized spacial score (nSPS) is 15.3. The molecule has 1 heterocycles. The summed E-state index contributed by atoms with van der Waals surface area (Å²) in [4.78, 5) is 0. The number of fused-ring (bicyclic) bond motifs is 1. The van der Waals surface area contributed by atoms with Gasteiger partial charge in [0.2, 0.25) is 0 Å². The molecule has 3 N–H and O–H groups in total. The van der Waals surface area contributed by atoms with Crippen LogP contribution in [0.25, 0.3) is 12.2 Å². The summed E-state index contributed by atoms with van der Waals surface area (Å²) in [5.74, 6) is 0. The van der Waals surface area contributed by atoms with Gasteiger partial charge in [-0.15, -0.1) is 0 Å². The number of nitrogens with one attached hydrogen (secondary N) is 1. The lowest BCUT2D eigenvalue weighted by atomic mass is 10.1. The molecular formula is C18H16N2. The Morgan fingerprint density at radius 1 is 0.900 bits per heavy atom. The lowest BCUT2D eigenvalue weighted by Crippen LogP contribution is -2.02. The third-order valence-electron chi connectivity index (χ3n) is 3.23. The highest BCUT2D eigenvalue weighted by molar-refractivity contribution is 5.75. The zero-order valence-electron chi connectivity index (χ0n) is 11.1. The van der Waals surface area contributed by atoms with Crippen LogP contribution in [-0.4, -0.2) is 0 Å². The Bertz CT molecular complexity index is 709. The molecule has 2 aromatic rings. The molecule has 0 bridgehead atoms. The largest absolute Gasteiger partial charge is 0.398 e. The molecule has 2 heteroatoms. The maximum Gasteiger partial charge on any atom is 0.0457 e. The van der Waals surface area contributed by atoms with Crippen LogP contribution >= 0.6 is 0 Å². The van der Waals surface area contributed by atoms with E-state index in [1.165, 1.54) is 5.56 Å². The number of rotatable bonds is 2. The first-order valence-electron chi connectivity index (χ1n) is 6.60. The SMILES string of the molecule is Nc1ccccc1/C=C\C=C1\C=Cc2ccccc2N1. The average molecular weight is 260 g/mol. The van der Waals surface area contributed by atoms with Gasteiger partial charge in [-0.05, 0) is 35.4 Å². The summed E-state index contributed by atoms with van der Waals surface area (Å²) in [5, 5.41) is 3.39. The molecule has 0 spiro atoms. The highest BCUT2D eigenvalue weighted by Gasteiger charge is 2.04. The molecule has 1 aliphatic heterocycles. The number of hydrogen-bond acceptors (Lipinski definition) is 2. The van der Waals surface area contributed by atoms with Crippen molar-refractivity contribution in [2.45, 2.75) is 0 Å². The van der Waals surface area contributed by atoms with Crippen molar-refractivity contribution >= 4 is 23.5 Å². The fourth-order valence-corrected chi connectivity index (χ4v) is 2.15. The van der Waals surface area contributed by atoms with Gasteiger partial charge in [-0.3, -0.25) is 0 Å². The van der Waals surface area contributed by atoms with Gasteiger partial charge in [0.05, 0.1) is 0 Å². The molecule has 3 rings (SSSR count). The van der Waals surface area contributed by atoms with Crippen molar-refractivity contribution in [3.8, 4) is 0 Å². The predicted molar refractivity (Wildman–Crippen MR) is 87.1 cm³/mol. The van der Waals surface area contributed by atoms with Crippen molar-refractivity contribution in [3.05, 3.63) is 83.6 Å². The van der Waals surface area contributed by atoms with Gasteiger partial charge in [0.25, 0.3) is 0 Å². The van der Waals surface area contributed by atoms with Gasteiger partial charge < -0.3 is 11.1 Å². The van der Waals surface area contributed by atoms with E-state index in [4.69, 9.17) is 5.73 Å². The summed E-state index contributed by atoms with van der Waals surface area (Å²) in [6.07, 6.45) is 10.2. The van der Waals surface area contributed by atoms with E-state index in [0.717, 1.165) is 22.6 Å². The van der Waals surface area contributed by atoms with Crippen molar-refractivity contribution in [2.75, 3.05) is 11.1 Å². The Morgan fingerprint density at radius 2 is 1.70 bits per heavy atom. The molecule has 20 heavy (non-hydrogen) atoms. The van der Waals surface area contributed by atoms with Gasteiger partial charge in [0, 0.05) is 17.1 Å². The summed E-state index contributed by atoms with van der Waals surface area (Å²) >= 11 is 0. The molecule has 0 atom stereocenters. The van der Waals surface area contributed by atoms with Gasteiger partial charge in [0.1, 0.15) is 0 Å². The van der Waals surface area contributed by atoms with Gasteiger partial charge in [-0.25, -0.2) is 0 Å². The fourth-order valence-electron chi connectivity index (χ4n) is 2.15. The van der Waals surface area contributed by atoms with Crippen LogP contribution in [-0.2, 0) is 0 Å². The number of nitrogens with two attached hydrogens (primary N) is 1. The summed E-state index contributed by atoms with van der Waals surface area (Å²) in [5.41, 5.74) is 11.1. The lowest BCUT2D eigenvalue weighted by molar-refractivity contribution is 1.44.